The maximum absolute atomic E-state index is 12.8. The normalized spacial score (nSPS) is 11.6. The van der Waals surface area contributed by atoms with Crippen LogP contribution < -0.4 is 10.1 Å². The van der Waals surface area contributed by atoms with Crippen LogP contribution in [0.15, 0.2) is 67.4 Å². The second kappa shape index (κ2) is 9.37. The zero-order chi connectivity index (χ0) is 26.2. The number of nitrogens with zero attached hydrogens (tertiary/aromatic N) is 6. The molecule has 9 nitrogen and oxygen atoms in total. The molecule has 188 valence electrons. The Bertz CT molecular complexity index is 1590. The highest BCUT2D eigenvalue weighted by Crippen LogP contribution is 2.37. The number of fused-ring (bicyclic) bond motifs is 1. The van der Waals surface area contributed by atoms with Gasteiger partial charge in [-0.25, -0.2) is 9.97 Å². The van der Waals surface area contributed by atoms with Gasteiger partial charge in [0.2, 0.25) is 0 Å². The summed E-state index contributed by atoms with van der Waals surface area (Å²) >= 11 is 0. The van der Waals surface area contributed by atoms with E-state index in [0.717, 1.165) is 29.2 Å². The van der Waals surface area contributed by atoms with Gasteiger partial charge >= 0.3 is 6.18 Å². The number of halogens is 3. The van der Waals surface area contributed by atoms with E-state index in [0.29, 0.717) is 32.7 Å². The van der Waals surface area contributed by atoms with Gasteiger partial charge in [-0.2, -0.15) is 23.4 Å². The number of anilines is 1. The van der Waals surface area contributed by atoms with Gasteiger partial charge < -0.3 is 10.1 Å². The monoisotopic (exact) mass is 507 g/mol. The van der Waals surface area contributed by atoms with Crippen LogP contribution in [0.4, 0.5) is 18.9 Å². The SMILES string of the molecule is COc1cc2ncnc(-c3cn(C)nc3-c3ccccc3)c2cc1NC(=O)c1cnn(CC(F)(F)F)c1. The molecule has 0 atom stereocenters. The van der Waals surface area contributed by atoms with E-state index in [9.17, 15) is 18.0 Å². The number of aromatic nitrogens is 6. The van der Waals surface area contributed by atoms with E-state index in [2.05, 4.69) is 25.5 Å². The summed E-state index contributed by atoms with van der Waals surface area (Å²) in [7, 11) is 3.25. The molecule has 0 aliphatic carbocycles. The summed E-state index contributed by atoms with van der Waals surface area (Å²) in [6, 6.07) is 13.0. The number of methoxy groups -OCH3 is 1. The number of benzene rings is 2. The molecule has 3 heterocycles. The number of carbonyl (C=O) groups is 1. The first-order valence-electron chi connectivity index (χ1n) is 11.0. The van der Waals surface area contributed by atoms with Crippen molar-refractivity contribution in [2.45, 2.75) is 12.7 Å². The molecule has 0 unspecified atom stereocenters. The molecule has 0 aliphatic rings. The lowest BCUT2D eigenvalue weighted by molar-refractivity contribution is -0.142. The molecule has 1 amide bonds. The topological polar surface area (TPSA) is 99.8 Å². The number of ether oxygens (including phenoxy) is 1. The zero-order valence-electron chi connectivity index (χ0n) is 19.7. The van der Waals surface area contributed by atoms with E-state index in [-0.39, 0.29) is 5.56 Å². The summed E-state index contributed by atoms with van der Waals surface area (Å²) in [6.07, 6.45) is 0.939. The molecule has 3 aromatic heterocycles. The maximum Gasteiger partial charge on any atom is 0.408 e. The molecule has 0 aliphatic heterocycles. The predicted molar refractivity (Wildman–Crippen MR) is 130 cm³/mol. The Kier molecular flexibility index (Phi) is 6.07. The van der Waals surface area contributed by atoms with Gasteiger partial charge in [-0.1, -0.05) is 30.3 Å². The number of rotatable bonds is 6. The Balaban J connectivity index is 1.55. The Hall–Kier alpha value is -4.74. The van der Waals surface area contributed by atoms with Crippen molar-refractivity contribution in [2.75, 3.05) is 12.4 Å². The van der Waals surface area contributed by atoms with Crippen LogP contribution in [0.3, 0.4) is 0 Å². The highest BCUT2D eigenvalue weighted by atomic mass is 19.4. The van der Waals surface area contributed by atoms with Crippen molar-refractivity contribution in [1.29, 1.82) is 0 Å². The molecular weight excluding hydrogens is 487 g/mol. The first-order chi connectivity index (χ1) is 17.7. The molecule has 5 aromatic rings. The zero-order valence-corrected chi connectivity index (χ0v) is 19.7. The van der Waals surface area contributed by atoms with Crippen LogP contribution in [0, 0.1) is 0 Å². The Morgan fingerprint density at radius 2 is 1.86 bits per heavy atom. The molecule has 0 spiro atoms. The second-order valence-corrected chi connectivity index (χ2v) is 8.22. The van der Waals surface area contributed by atoms with Crippen LogP contribution in [0.1, 0.15) is 10.4 Å². The summed E-state index contributed by atoms with van der Waals surface area (Å²) in [4.78, 5) is 21.7. The number of alkyl halides is 3. The number of hydrogen-bond donors (Lipinski definition) is 1. The first kappa shape index (κ1) is 24.0. The van der Waals surface area contributed by atoms with Crippen molar-refractivity contribution in [1.82, 2.24) is 29.5 Å². The molecule has 0 fully saturated rings. The fourth-order valence-corrected chi connectivity index (χ4v) is 3.98. The summed E-state index contributed by atoms with van der Waals surface area (Å²) < 4.78 is 45.8. The lowest BCUT2D eigenvalue weighted by Crippen LogP contribution is -2.18. The van der Waals surface area contributed by atoms with Gasteiger partial charge in [0.1, 0.15) is 24.3 Å². The van der Waals surface area contributed by atoms with Crippen molar-refractivity contribution >= 4 is 22.5 Å². The van der Waals surface area contributed by atoms with Crippen LogP contribution in [-0.4, -0.2) is 48.7 Å². The number of hydrogen-bond acceptors (Lipinski definition) is 6. The Morgan fingerprint density at radius 3 is 2.59 bits per heavy atom. The van der Waals surface area contributed by atoms with E-state index < -0.39 is 18.6 Å². The van der Waals surface area contributed by atoms with Gasteiger partial charge in [-0.3, -0.25) is 14.2 Å². The van der Waals surface area contributed by atoms with E-state index >= 15 is 0 Å². The highest BCUT2D eigenvalue weighted by Gasteiger charge is 2.29. The molecular formula is C25H20F3N7O2. The molecule has 5 rings (SSSR count). The molecule has 12 heteroatoms. The molecule has 0 bridgehead atoms. The summed E-state index contributed by atoms with van der Waals surface area (Å²) in [5.41, 5.74) is 3.81. The third kappa shape index (κ3) is 4.99. The first-order valence-corrected chi connectivity index (χ1v) is 11.0. The van der Waals surface area contributed by atoms with Gasteiger partial charge in [-0.15, -0.1) is 0 Å². The largest absolute Gasteiger partial charge is 0.494 e. The third-order valence-corrected chi connectivity index (χ3v) is 5.57. The molecule has 37 heavy (non-hydrogen) atoms. The fourth-order valence-electron chi connectivity index (χ4n) is 3.98. The van der Waals surface area contributed by atoms with Gasteiger partial charge in [0, 0.05) is 42.0 Å². The van der Waals surface area contributed by atoms with Gasteiger partial charge in [-0.05, 0) is 6.07 Å². The van der Waals surface area contributed by atoms with Crippen LogP contribution in [0.2, 0.25) is 0 Å². The minimum Gasteiger partial charge on any atom is -0.494 e. The lowest BCUT2D eigenvalue weighted by atomic mass is 10.0. The Morgan fingerprint density at radius 1 is 1.08 bits per heavy atom. The van der Waals surface area contributed by atoms with Crippen LogP contribution in [0.25, 0.3) is 33.4 Å². The maximum atomic E-state index is 12.8. The van der Waals surface area contributed by atoms with Crippen molar-refractivity contribution in [3.05, 3.63) is 72.9 Å². The van der Waals surface area contributed by atoms with Crippen molar-refractivity contribution in [3.63, 3.8) is 0 Å². The molecule has 0 saturated heterocycles. The number of carbonyl (C=O) groups excluding carboxylic acids is 1. The lowest BCUT2D eigenvalue weighted by Gasteiger charge is -2.13. The van der Waals surface area contributed by atoms with E-state index in [4.69, 9.17) is 4.74 Å². The summed E-state index contributed by atoms with van der Waals surface area (Å²) in [6.45, 7) is -1.30. The number of nitrogens with one attached hydrogen (secondary N) is 1. The van der Waals surface area contributed by atoms with Gasteiger partial charge in [0.05, 0.1) is 35.8 Å². The van der Waals surface area contributed by atoms with E-state index in [1.54, 1.807) is 16.8 Å². The summed E-state index contributed by atoms with van der Waals surface area (Å²) in [5.74, 6) is -0.321. The molecule has 0 saturated carbocycles. The van der Waals surface area contributed by atoms with Crippen molar-refractivity contribution < 1.29 is 22.7 Å². The summed E-state index contributed by atoms with van der Waals surface area (Å²) in [5, 5.41) is 11.6. The van der Waals surface area contributed by atoms with Gasteiger partial charge in [0.25, 0.3) is 5.91 Å². The minimum atomic E-state index is -4.46. The Labute approximate surface area is 208 Å². The van der Waals surface area contributed by atoms with E-state index in [1.165, 1.54) is 13.4 Å². The average molecular weight is 507 g/mol. The highest BCUT2D eigenvalue weighted by molar-refractivity contribution is 6.07. The van der Waals surface area contributed by atoms with Crippen LogP contribution in [0.5, 0.6) is 5.75 Å². The van der Waals surface area contributed by atoms with E-state index in [1.807, 2.05) is 43.6 Å². The third-order valence-electron chi connectivity index (χ3n) is 5.57. The van der Waals surface area contributed by atoms with Crippen molar-refractivity contribution in [2.24, 2.45) is 7.05 Å². The quantitative estimate of drug-likeness (QED) is 0.357. The smallest absolute Gasteiger partial charge is 0.408 e. The molecule has 0 radical (unpaired) electrons. The minimum absolute atomic E-state index is 0.0328. The van der Waals surface area contributed by atoms with Gasteiger partial charge in [0.15, 0.2) is 0 Å². The van der Waals surface area contributed by atoms with Crippen molar-refractivity contribution in [3.8, 4) is 28.3 Å². The standard InChI is InChI=1S/C25H20F3N7O2/c1-34-12-18(22(33-34)15-6-4-3-5-7-15)23-17-8-20(21(37-2)9-19(17)29-14-30-23)32-24(36)16-10-31-35(11-16)13-25(26,27)28/h3-12,14H,13H2,1-2H3,(H,32,36). The molecule has 2 aromatic carbocycles. The number of amides is 1. The predicted octanol–water partition coefficient (Wildman–Crippen LogP) is 4.72. The number of aryl methyl sites for hydroxylation is 1. The van der Waals surface area contributed by atoms with Crippen LogP contribution in [-0.2, 0) is 13.6 Å². The molecule has 1 N–H and O–H groups in total. The van der Waals surface area contributed by atoms with Crippen LogP contribution >= 0.6 is 0 Å². The fraction of sp³-hybridized carbons (Fsp3) is 0.160. The second-order valence-electron chi connectivity index (χ2n) is 8.22. The average Bonchev–Trinajstić information content (AvgIpc) is 3.49.